The Labute approximate surface area is 222 Å². The number of methoxy groups -OCH3 is 1. The van der Waals surface area contributed by atoms with Crippen LogP contribution in [0.1, 0.15) is 57.4 Å². The number of pyridine rings is 1. The number of hydrogen-bond donors (Lipinski definition) is 0. The molecule has 0 fully saturated rings. The molecule has 2 aliphatic heterocycles. The van der Waals surface area contributed by atoms with E-state index in [0.717, 1.165) is 58.9 Å². The molecular weight excluding hydrogens is 490 g/mol. The molecule has 6 nitrogen and oxygen atoms in total. The molecule has 3 aromatic carbocycles. The van der Waals surface area contributed by atoms with Crippen molar-refractivity contribution in [3.63, 3.8) is 0 Å². The zero-order chi connectivity index (χ0) is 24.6. The van der Waals surface area contributed by atoms with Crippen molar-refractivity contribution in [1.82, 2.24) is 0 Å². The molecule has 37 heavy (non-hydrogen) atoms. The fourth-order valence-electron chi connectivity index (χ4n) is 5.72. The Morgan fingerprint density at radius 2 is 1.76 bits per heavy atom. The average molecular weight is 523 g/mol. The summed E-state index contributed by atoms with van der Waals surface area (Å²) in [5.74, 6) is 2.53. The van der Waals surface area contributed by atoms with E-state index in [2.05, 4.69) is 42.0 Å². The van der Waals surface area contributed by atoms with E-state index in [1.165, 1.54) is 42.1 Å². The van der Waals surface area contributed by atoms with Crippen molar-refractivity contribution >= 4 is 50.8 Å². The van der Waals surface area contributed by atoms with E-state index >= 15 is 0 Å². The fourth-order valence-corrected chi connectivity index (χ4v) is 5.72. The summed E-state index contributed by atoms with van der Waals surface area (Å²) >= 11 is 0. The molecule has 0 aliphatic carbocycles. The van der Waals surface area contributed by atoms with Crippen molar-refractivity contribution in [1.29, 1.82) is 0 Å². The molecule has 4 aromatic rings. The van der Waals surface area contributed by atoms with Crippen LogP contribution in [0.4, 0.5) is 0 Å². The van der Waals surface area contributed by atoms with Crippen molar-refractivity contribution in [2.75, 3.05) is 13.9 Å². The molecule has 3 heterocycles. The minimum Gasteiger partial charge on any atom is -0.493 e. The molecule has 0 atom stereocenters. The van der Waals surface area contributed by atoms with E-state index in [-0.39, 0.29) is 25.2 Å². The number of aromatic nitrogens is 1. The number of ether oxygens (including phenoxy) is 4. The largest absolute Gasteiger partial charge is 0.493 e. The summed E-state index contributed by atoms with van der Waals surface area (Å²) < 4.78 is 25.4. The molecule has 0 bridgehead atoms. The maximum Gasteiger partial charge on any atom is 0.311 e. The van der Waals surface area contributed by atoms with E-state index in [4.69, 9.17) is 18.9 Å². The lowest BCUT2D eigenvalue weighted by atomic mass is 9.93. The molecule has 2 aliphatic rings. The Morgan fingerprint density at radius 3 is 2.59 bits per heavy atom. The van der Waals surface area contributed by atoms with Crippen molar-refractivity contribution < 1.29 is 28.3 Å². The number of aryl methyl sites for hydroxylation is 2. The van der Waals surface area contributed by atoms with Crippen LogP contribution in [0.3, 0.4) is 0 Å². The van der Waals surface area contributed by atoms with Crippen LogP contribution in [0, 0.1) is 0 Å². The van der Waals surface area contributed by atoms with Gasteiger partial charge in [-0.3, -0.25) is 4.79 Å². The Kier molecular flexibility index (Phi) is 7.29. The Hall–Kier alpha value is -3.25. The summed E-state index contributed by atoms with van der Waals surface area (Å²) in [4.78, 5) is 12.8. The molecule has 0 amide bonds. The molecular formula is C30H33ClNO5+. The van der Waals surface area contributed by atoms with Crippen LogP contribution in [-0.4, -0.2) is 19.9 Å². The minimum atomic E-state index is -0.205. The Bertz CT molecular complexity index is 1500. The first kappa shape index (κ1) is 25.4. The van der Waals surface area contributed by atoms with Crippen molar-refractivity contribution in [2.24, 2.45) is 0 Å². The number of halogens is 1. The molecule has 0 saturated heterocycles. The number of nitrogens with zero attached hydrogens (tertiary/aromatic N) is 1. The topological polar surface area (TPSA) is 57.9 Å². The molecule has 0 saturated carbocycles. The van der Waals surface area contributed by atoms with E-state index in [1.807, 2.05) is 6.07 Å². The summed E-state index contributed by atoms with van der Waals surface area (Å²) in [6.45, 7) is 3.30. The monoisotopic (exact) mass is 522 g/mol. The van der Waals surface area contributed by atoms with Crippen LogP contribution in [-0.2, 0) is 17.8 Å². The van der Waals surface area contributed by atoms with Crippen LogP contribution in [0.2, 0.25) is 0 Å². The lowest BCUT2D eigenvalue weighted by molar-refractivity contribution is -0.670. The number of carbonyl (C=O) groups excluding carboxylic acids is 1. The first-order chi connectivity index (χ1) is 17.7. The lowest BCUT2D eigenvalue weighted by Crippen LogP contribution is -2.38. The van der Waals surface area contributed by atoms with Gasteiger partial charge in [-0.15, -0.1) is 12.4 Å². The third-order valence-electron chi connectivity index (χ3n) is 7.51. The number of unbranched alkanes of at least 4 members (excludes halogenated alkanes) is 5. The normalized spacial score (nSPS) is 13.4. The van der Waals surface area contributed by atoms with Gasteiger partial charge in [0, 0.05) is 23.6 Å². The highest BCUT2D eigenvalue weighted by Crippen LogP contribution is 2.46. The molecule has 0 radical (unpaired) electrons. The molecule has 194 valence electrons. The number of esters is 1. The molecule has 7 heteroatoms. The van der Waals surface area contributed by atoms with Gasteiger partial charge < -0.3 is 18.9 Å². The maximum absolute atomic E-state index is 12.8. The summed E-state index contributed by atoms with van der Waals surface area (Å²) in [7, 11) is 1.62. The van der Waals surface area contributed by atoms with Gasteiger partial charge >= 0.3 is 5.97 Å². The standard InChI is InChI=1S/C30H32NO5.ClH/c1-3-4-5-6-7-8-9-26(32)36-30-23-17-31-15-14-19-16-25-29(35-18-34-25)22-11-10-21(28(31)27(19)22)20(23)12-13-24(30)33-2;/h10-13,16-17H,3-9,14-15,18H2,1-2H3;1H/q+1;. The van der Waals surface area contributed by atoms with Crippen molar-refractivity contribution in [2.45, 2.75) is 64.8 Å². The van der Waals surface area contributed by atoms with E-state index in [0.29, 0.717) is 17.9 Å². The van der Waals surface area contributed by atoms with Gasteiger partial charge in [0.2, 0.25) is 12.3 Å². The molecule has 0 spiro atoms. The van der Waals surface area contributed by atoms with Gasteiger partial charge in [0.25, 0.3) is 0 Å². The second-order valence-corrected chi connectivity index (χ2v) is 9.78. The Balaban J connectivity index is 0.00000280. The smallest absolute Gasteiger partial charge is 0.311 e. The summed E-state index contributed by atoms with van der Waals surface area (Å²) in [6, 6.07) is 10.4. The highest BCUT2D eigenvalue weighted by molar-refractivity contribution is 6.17. The van der Waals surface area contributed by atoms with Crippen LogP contribution >= 0.6 is 12.4 Å². The summed E-state index contributed by atoms with van der Waals surface area (Å²) in [6.07, 6.45) is 10.2. The predicted octanol–water partition coefficient (Wildman–Crippen LogP) is 6.80. The van der Waals surface area contributed by atoms with E-state index < -0.39 is 0 Å². The van der Waals surface area contributed by atoms with E-state index in [1.54, 1.807) is 7.11 Å². The van der Waals surface area contributed by atoms with Gasteiger partial charge in [-0.25, -0.2) is 0 Å². The number of hydrogen-bond acceptors (Lipinski definition) is 5. The van der Waals surface area contributed by atoms with Gasteiger partial charge in [0.15, 0.2) is 35.7 Å². The van der Waals surface area contributed by atoms with E-state index in [9.17, 15) is 4.79 Å². The quantitative estimate of drug-likeness (QED) is 0.0794. The van der Waals surface area contributed by atoms with Gasteiger partial charge in [-0.05, 0) is 42.3 Å². The zero-order valence-electron chi connectivity index (χ0n) is 21.4. The van der Waals surface area contributed by atoms with Gasteiger partial charge in [-0.1, -0.05) is 39.0 Å². The SMILES string of the molecule is CCCCCCCCC(=O)Oc1c(OC)ccc2c1c[n+]1c3c2ccc2c4c(cc(c23)CC1)OCO4.Cl. The number of benzene rings is 3. The van der Waals surface area contributed by atoms with Crippen molar-refractivity contribution in [3.8, 4) is 23.0 Å². The van der Waals surface area contributed by atoms with Crippen molar-refractivity contribution in [3.05, 3.63) is 42.1 Å². The average Bonchev–Trinajstić information content (AvgIpc) is 3.37. The molecule has 6 rings (SSSR count). The fraction of sp³-hybridized carbons (Fsp3) is 0.400. The summed E-state index contributed by atoms with van der Waals surface area (Å²) in [5, 5.41) is 5.34. The first-order valence-electron chi connectivity index (χ1n) is 13.1. The number of carbonyl (C=O) groups is 1. The summed E-state index contributed by atoms with van der Waals surface area (Å²) in [5.41, 5.74) is 2.45. The molecule has 0 N–H and O–H groups in total. The number of rotatable bonds is 9. The number of fused-ring (bicyclic) bond motifs is 4. The molecule has 0 unspecified atom stereocenters. The Morgan fingerprint density at radius 1 is 0.973 bits per heavy atom. The maximum atomic E-state index is 12.8. The van der Waals surface area contributed by atoms with Crippen LogP contribution in [0.25, 0.3) is 32.4 Å². The van der Waals surface area contributed by atoms with Gasteiger partial charge in [0.1, 0.15) is 0 Å². The molecule has 1 aromatic heterocycles. The third-order valence-corrected chi connectivity index (χ3v) is 7.51. The van der Waals surface area contributed by atoms with Gasteiger partial charge in [0.05, 0.1) is 23.3 Å². The van der Waals surface area contributed by atoms with Crippen LogP contribution in [0.15, 0.2) is 36.5 Å². The zero-order valence-corrected chi connectivity index (χ0v) is 22.2. The van der Waals surface area contributed by atoms with Gasteiger partial charge in [-0.2, -0.15) is 4.57 Å². The second kappa shape index (κ2) is 10.6. The third kappa shape index (κ3) is 4.42. The predicted molar refractivity (Wildman–Crippen MR) is 146 cm³/mol. The highest BCUT2D eigenvalue weighted by atomic mass is 35.5. The highest BCUT2D eigenvalue weighted by Gasteiger charge is 2.30. The second-order valence-electron chi connectivity index (χ2n) is 9.78. The lowest BCUT2D eigenvalue weighted by Gasteiger charge is -2.18. The van der Waals surface area contributed by atoms with Crippen LogP contribution < -0.4 is 23.5 Å². The van der Waals surface area contributed by atoms with Crippen LogP contribution in [0.5, 0.6) is 23.0 Å². The first-order valence-corrected chi connectivity index (χ1v) is 13.1. The minimum absolute atomic E-state index is 0.